The number of rotatable bonds is 5. The molecule has 6 heteroatoms. The molecule has 3 heterocycles. The first-order valence-corrected chi connectivity index (χ1v) is 10.1. The Morgan fingerprint density at radius 2 is 1.97 bits per heavy atom. The molecule has 3 aromatic rings. The lowest BCUT2D eigenvalue weighted by atomic mass is 9.96. The van der Waals surface area contributed by atoms with Crippen molar-refractivity contribution in [1.82, 2.24) is 9.99 Å². The van der Waals surface area contributed by atoms with E-state index in [-0.39, 0.29) is 12.3 Å². The van der Waals surface area contributed by atoms with Gasteiger partial charge in [0, 0.05) is 35.5 Å². The lowest BCUT2D eigenvalue weighted by Crippen LogP contribution is -2.33. The van der Waals surface area contributed by atoms with Crippen LogP contribution in [-0.2, 0) is 0 Å². The molecule has 2 aliphatic rings. The monoisotopic (exact) mass is 401 g/mol. The van der Waals surface area contributed by atoms with E-state index in [4.69, 9.17) is 19.3 Å². The van der Waals surface area contributed by atoms with Crippen molar-refractivity contribution in [2.75, 3.05) is 13.7 Å². The number of nitrogens with zero attached hydrogens (tertiary/aromatic N) is 3. The quantitative estimate of drug-likeness (QED) is 0.619. The molecule has 0 N–H and O–H groups in total. The summed E-state index contributed by atoms with van der Waals surface area (Å²) in [6.07, 6.45) is 4.06. The Labute approximate surface area is 175 Å². The number of hydrogen-bond acceptors (Lipinski definition) is 6. The first-order valence-electron chi connectivity index (χ1n) is 10.1. The van der Waals surface area contributed by atoms with Gasteiger partial charge in [-0.3, -0.25) is 4.98 Å². The molecule has 0 amide bonds. The third-order valence-electron chi connectivity index (χ3n) is 5.48. The summed E-state index contributed by atoms with van der Waals surface area (Å²) in [6.45, 7) is 2.56. The summed E-state index contributed by atoms with van der Waals surface area (Å²) >= 11 is 0. The van der Waals surface area contributed by atoms with Crippen molar-refractivity contribution < 1.29 is 14.2 Å². The minimum absolute atomic E-state index is 0.0662. The Hall–Kier alpha value is -3.54. The second-order valence-corrected chi connectivity index (χ2v) is 7.24. The third-order valence-corrected chi connectivity index (χ3v) is 5.48. The second kappa shape index (κ2) is 7.71. The molecule has 2 aromatic carbocycles. The van der Waals surface area contributed by atoms with Crippen LogP contribution < -0.4 is 14.2 Å². The number of ether oxygens (including phenoxy) is 3. The highest BCUT2D eigenvalue weighted by atomic mass is 16.5. The van der Waals surface area contributed by atoms with Gasteiger partial charge in [0.2, 0.25) is 6.23 Å². The number of pyridine rings is 1. The van der Waals surface area contributed by atoms with Crippen LogP contribution in [0.15, 0.2) is 72.1 Å². The molecule has 5 rings (SSSR count). The lowest BCUT2D eigenvalue weighted by molar-refractivity contribution is -0.0212. The largest absolute Gasteiger partial charge is 0.497 e. The lowest BCUT2D eigenvalue weighted by Gasteiger charge is -2.38. The molecule has 0 fully saturated rings. The van der Waals surface area contributed by atoms with Gasteiger partial charge in [-0.05, 0) is 43.3 Å². The zero-order valence-electron chi connectivity index (χ0n) is 17.0. The summed E-state index contributed by atoms with van der Waals surface area (Å²) in [6, 6.07) is 18.1. The van der Waals surface area contributed by atoms with E-state index in [1.54, 1.807) is 13.3 Å². The van der Waals surface area contributed by atoms with Crippen LogP contribution in [0.5, 0.6) is 17.2 Å². The van der Waals surface area contributed by atoms with E-state index in [1.165, 1.54) is 0 Å². The van der Waals surface area contributed by atoms with E-state index in [9.17, 15) is 0 Å². The maximum absolute atomic E-state index is 6.51. The molecule has 2 atom stereocenters. The van der Waals surface area contributed by atoms with E-state index < -0.39 is 0 Å². The van der Waals surface area contributed by atoms with E-state index in [2.05, 4.69) is 16.1 Å². The number of para-hydroxylation sites is 1. The van der Waals surface area contributed by atoms with Gasteiger partial charge < -0.3 is 14.2 Å². The summed E-state index contributed by atoms with van der Waals surface area (Å²) in [5.41, 5.74) is 4.13. The highest BCUT2D eigenvalue weighted by Crippen LogP contribution is 2.50. The number of hydrogen-bond donors (Lipinski definition) is 0. The Bertz CT molecular complexity index is 1070. The van der Waals surface area contributed by atoms with Crippen LogP contribution in [0.4, 0.5) is 0 Å². The van der Waals surface area contributed by atoms with Gasteiger partial charge >= 0.3 is 0 Å². The fourth-order valence-corrected chi connectivity index (χ4v) is 4.05. The number of fused-ring (bicyclic) bond motifs is 3. The zero-order valence-corrected chi connectivity index (χ0v) is 17.0. The van der Waals surface area contributed by atoms with Gasteiger partial charge in [0.15, 0.2) is 11.5 Å². The third kappa shape index (κ3) is 3.14. The summed E-state index contributed by atoms with van der Waals surface area (Å²) in [4.78, 5) is 4.26. The topological polar surface area (TPSA) is 56.2 Å². The normalized spacial score (nSPS) is 19.4. The average Bonchev–Trinajstić information content (AvgIpc) is 3.26. The van der Waals surface area contributed by atoms with Crippen molar-refractivity contribution in [3.8, 4) is 17.2 Å². The molecule has 6 nitrogen and oxygen atoms in total. The molecule has 2 aliphatic heterocycles. The van der Waals surface area contributed by atoms with Crippen LogP contribution in [0.3, 0.4) is 0 Å². The van der Waals surface area contributed by atoms with Crippen LogP contribution in [0.25, 0.3) is 0 Å². The highest BCUT2D eigenvalue weighted by molar-refractivity contribution is 6.01. The van der Waals surface area contributed by atoms with Crippen molar-refractivity contribution >= 4 is 5.71 Å². The van der Waals surface area contributed by atoms with Gasteiger partial charge in [-0.1, -0.05) is 18.2 Å². The molecule has 0 spiro atoms. The Kier molecular flexibility index (Phi) is 4.75. The summed E-state index contributed by atoms with van der Waals surface area (Å²) < 4.78 is 17.7. The van der Waals surface area contributed by atoms with Crippen molar-refractivity contribution in [2.45, 2.75) is 25.6 Å². The molecular formula is C24H23N3O3. The van der Waals surface area contributed by atoms with Crippen molar-refractivity contribution in [3.63, 3.8) is 0 Å². The standard InChI is InChI=1S/C24H23N3O3/c1-3-29-22-8-4-7-19-21-14-20(17-6-5-13-25-15-17)26-27(21)24(30-23(19)22)16-9-11-18(28-2)12-10-16/h4-13,15,21,24H,3,14H2,1-2H3/t21-,24+/m1/s1. The predicted octanol–water partition coefficient (Wildman–Crippen LogP) is 4.73. The van der Waals surface area contributed by atoms with E-state index in [1.807, 2.05) is 61.7 Å². The summed E-state index contributed by atoms with van der Waals surface area (Å²) in [5, 5.41) is 7.03. The molecule has 0 saturated heterocycles. The molecular weight excluding hydrogens is 378 g/mol. The highest BCUT2D eigenvalue weighted by Gasteiger charge is 2.42. The van der Waals surface area contributed by atoms with Crippen LogP contribution in [0.2, 0.25) is 0 Å². The number of benzene rings is 2. The van der Waals surface area contributed by atoms with Gasteiger partial charge in [-0.2, -0.15) is 5.10 Å². The summed E-state index contributed by atoms with van der Waals surface area (Å²) in [7, 11) is 1.66. The molecule has 0 aliphatic carbocycles. The zero-order chi connectivity index (χ0) is 20.5. The van der Waals surface area contributed by atoms with Crippen LogP contribution in [0.1, 0.15) is 42.3 Å². The predicted molar refractivity (Wildman–Crippen MR) is 114 cm³/mol. The minimum Gasteiger partial charge on any atom is -0.497 e. The first-order chi connectivity index (χ1) is 14.8. The molecule has 0 bridgehead atoms. The average molecular weight is 401 g/mol. The molecule has 152 valence electrons. The maximum Gasteiger partial charge on any atom is 0.214 e. The van der Waals surface area contributed by atoms with Gasteiger partial charge in [0.25, 0.3) is 0 Å². The molecule has 0 unspecified atom stereocenters. The smallest absolute Gasteiger partial charge is 0.214 e. The fraction of sp³-hybridized carbons (Fsp3) is 0.250. The van der Waals surface area contributed by atoms with Crippen molar-refractivity contribution in [2.24, 2.45) is 5.10 Å². The van der Waals surface area contributed by atoms with Crippen LogP contribution in [-0.4, -0.2) is 29.4 Å². The molecule has 30 heavy (non-hydrogen) atoms. The SMILES string of the molecule is CCOc1cccc2c1O[C@@H](c1ccc(OC)cc1)N1N=C(c3cccnc3)C[C@H]21. The minimum atomic E-state index is -0.357. The molecule has 0 radical (unpaired) electrons. The van der Waals surface area contributed by atoms with Gasteiger partial charge in [0.1, 0.15) is 5.75 Å². The molecule has 0 saturated carbocycles. The Morgan fingerprint density at radius 1 is 1.10 bits per heavy atom. The van der Waals surface area contributed by atoms with Gasteiger partial charge in [0.05, 0.1) is 25.5 Å². The van der Waals surface area contributed by atoms with Crippen LogP contribution >= 0.6 is 0 Å². The maximum atomic E-state index is 6.51. The molecule has 1 aromatic heterocycles. The van der Waals surface area contributed by atoms with Gasteiger partial charge in [-0.25, -0.2) is 5.01 Å². The number of methoxy groups -OCH3 is 1. The van der Waals surface area contributed by atoms with Gasteiger partial charge in [-0.15, -0.1) is 0 Å². The Balaban J connectivity index is 1.60. The first kappa shape index (κ1) is 18.5. The Morgan fingerprint density at radius 3 is 2.70 bits per heavy atom. The van der Waals surface area contributed by atoms with E-state index >= 15 is 0 Å². The van der Waals surface area contributed by atoms with Crippen LogP contribution in [0, 0.1) is 0 Å². The number of hydrazone groups is 1. The number of aromatic nitrogens is 1. The van der Waals surface area contributed by atoms with Crippen molar-refractivity contribution in [1.29, 1.82) is 0 Å². The van der Waals surface area contributed by atoms with Crippen molar-refractivity contribution in [3.05, 3.63) is 83.7 Å². The van der Waals surface area contributed by atoms with E-state index in [0.717, 1.165) is 46.1 Å². The fourth-order valence-electron chi connectivity index (χ4n) is 4.05. The second-order valence-electron chi connectivity index (χ2n) is 7.24. The van der Waals surface area contributed by atoms with E-state index in [0.29, 0.717) is 6.61 Å². The summed E-state index contributed by atoms with van der Waals surface area (Å²) in [5.74, 6) is 2.37.